The number of hydrogen-bond acceptors (Lipinski definition) is 4. The second-order valence-electron chi connectivity index (χ2n) is 5.94. The Balaban J connectivity index is 1.74. The Morgan fingerprint density at radius 1 is 1.08 bits per heavy atom. The van der Waals surface area contributed by atoms with Crippen molar-refractivity contribution in [2.24, 2.45) is 0 Å². The molecule has 0 atom stereocenters. The Bertz CT molecular complexity index is 1080. The van der Waals surface area contributed by atoms with Crippen LogP contribution in [-0.4, -0.2) is 19.1 Å². The Morgan fingerprint density at radius 3 is 2.65 bits per heavy atom. The molecule has 0 aliphatic rings. The van der Waals surface area contributed by atoms with E-state index in [1.54, 1.807) is 23.1 Å². The van der Waals surface area contributed by atoms with Crippen LogP contribution >= 0.6 is 11.5 Å². The summed E-state index contributed by atoms with van der Waals surface area (Å²) in [6, 6.07) is 9.03. The zero-order valence-corrected chi connectivity index (χ0v) is 14.5. The molecule has 132 valence electrons. The first-order chi connectivity index (χ1) is 12.4. The lowest BCUT2D eigenvalue weighted by Crippen LogP contribution is -2.04. The summed E-state index contributed by atoms with van der Waals surface area (Å²) in [5.41, 5.74) is 2.73. The van der Waals surface area contributed by atoms with Gasteiger partial charge in [-0.2, -0.15) is 22.6 Å². The molecule has 0 spiro atoms. The van der Waals surface area contributed by atoms with Gasteiger partial charge in [-0.1, -0.05) is 12.1 Å². The number of benzene rings is 1. The smallest absolute Gasteiger partial charge is 0.257 e. The van der Waals surface area contributed by atoms with Crippen LogP contribution < -0.4 is 0 Å². The molecule has 0 N–H and O–H groups in total. The Morgan fingerprint density at radius 2 is 1.92 bits per heavy atom. The molecule has 0 fully saturated rings. The summed E-state index contributed by atoms with van der Waals surface area (Å²) in [5.74, 6) is 0. The maximum absolute atomic E-state index is 13.0. The van der Waals surface area contributed by atoms with Crippen molar-refractivity contribution in [2.75, 3.05) is 0 Å². The molecule has 0 unspecified atom stereocenters. The first kappa shape index (κ1) is 16.7. The zero-order chi connectivity index (χ0) is 18.3. The average Bonchev–Trinajstić information content (AvgIpc) is 3.20. The van der Waals surface area contributed by atoms with Gasteiger partial charge < -0.3 is 0 Å². The second-order valence-corrected chi connectivity index (χ2v) is 6.95. The summed E-state index contributed by atoms with van der Waals surface area (Å²) >= 11 is 1.42. The van der Waals surface area contributed by atoms with Crippen LogP contribution in [0.25, 0.3) is 22.2 Å². The molecule has 0 saturated heterocycles. The van der Waals surface area contributed by atoms with E-state index in [4.69, 9.17) is 0 Å². The summed E-state index contributed by atoms with van der Waals surface area (Å²) in [5, 5.41) is 4.33. The molecule has 0 amide bonds. The predicted octanol–water partition coefficient (Wildman–Crippen LogP) is 4.93. The number of pyridine rings is 1. The van der Waals surface area contributed by atoms with Gasteiger partial charge in [-0.25, -0.2) is 0 Å². The normalized spacial score (nSPS) is 12.0. The molecule has 3 aromatic heterocycles. The topological polar surface area (TPSA) is 43.6 Å². The summed E-state index contributed by atoms with van der Waals surface area (Å²) in [6.45, 7) is 2.47. The van der Waals surface area contributed by atoms with Crippen molar-refractivity contribution in [3.8, 4) is 11.1 Å². The summed E-state index contributed by atoms with van der Waals surface area (Å²) in [6.07, 6.45) is -1.17. The van der Waals surface area contributed by atoms with Crippen LogP contribution in [0.5, 0.6) is 0 Å². The number of nitrogens with zero attached hydrogens (tertiary/aromatic N) is 4. The summed E-state index contributed by atoms with van der Waals surface area (Å²) in [7, 11) is 0. The van der Waals surface area contributed by atoms with Gasteiger partial charge in [-0.15, -0.1) is 0 Å². The van der Waals surface area contributed by atoms with Gasteiger partial charge in [0.15, 0.2) is 0 Å². The SMILES string of the molecule is Cc1cc(Cn2ncc3ncc(-c4cccc(C(F)(F)F)c4)cc32)ns1. The third-order valence-corrected chi connectivity index (χ3v) is 4.74. The van der Waals surface area contributed by atoms with E-state index >= 15 is 0 Å². The van der Waals surface area contributed by atoms with Crippen LogP contribution in [0.2, 0.25) is 0 Å². The number of fused-ring (bicyclic) bond motifs is 1. The Labute approximate surface area is 151 Å². The van der Waals surface area contributed by atoms with Crippen LogP contribution in [0.15, 0.2) is 48.8 Å². The van der Waals surface area contributed by atoms with Crippen LogP contribution in [0.3, 0.4) is 0 Å². The van der Waals surface area contributed by atoms with Gasteiger partial charge in [0.2, 0.25) is 0 Å². The van der Waals surface area contributed by atoms with Gasteiger partial charge in [0.05, 0.1) is 29.5 Å². The minimum atomic E-state index is -4.38. The van der Waals surface area contributed by atoms with E-state index in [1.807, 2.05) is 19.1 Å². The van der Waals surface area contributed by atoms with Crippen LogP contribution in [0.4, 0.5) is 13.2 Å². The lowest BCUT2D eigenvalue weighted by Gasteiger charge is -2.09. The molecule has 4 aromatic rings. The van der Waals surface area contributed by atoms with E-state index in [2.05, 4.69) is 14.5 Å². The van der Waals surface area contributed by atoms with Crippen molar-refractivity contribution >= 4 is 22.6 Å². The predicted molar refractivity (Wildman–Crippen MR) is 93.9 cm³/mol. The highest BCUT2D eigenvalue weighted by Gasteiger charge is 2.30. The highest BCUT2D eigenvalue weighted by Crippen LogP contribution is 2.32. The second kappa shape index (κ2) is 6.21. The molecule has 0 bridgehead atoms. The molecule has 0 saturated carbocycles. The van der Waals surface area contributed by atoms with E-state index < -0.39 is 11.7 Å². The number of aromatic nitrogens is 4. The maximum Gasteiger partial charge on any atom is 0.416 e. The number of halogens is 3. The van der Waals surface area contributed by atoms with Gasteiger partial charge in [0, 0.05) is 16.6 Å². The fourth-order valence-electron chi connectivity index (χ4n) is 2.76. The van der Waals surface area contributed by atoms with E-state index in [-0.39, 0.29) is 0 Å². The fraction of sp³-hybridized carbons (Fsp3) is 0.167. The van der Waals surface area contributed by atoms with Crippen molar-refractivity contribution in [3.63, 3.8) is 0 Å². The molecule has 4 rings (SSSR count). The molecule has 26 heavy (non-hydrogen) atoms. The molecule has 3 heterocycles. The van der Waals surface area contributed by atoms with Gasteiger partial charge in [0.25, 0.3) is 0 Å². The lowest BCUT2D eigenvalue weighted by atomic mass is 10.0. The fourth-order valence-corrected chi connectivity index (χ4v) is 3.32. The van der Waals surface area contributed by atoms with Crippen molar-refractivity contribution in [1.82, 2.24) is 19.1 Å². The quantitative estimate of drug-likeness (QED) is 0.511. The third-order valence-electron chi connectivity index (χ3n) is 4.01. The summed E-state index contributed by atoms with van der Waals surface area (Å²) < 4.78 is 45.0. The number of alkyl halides is 3. The average molecular weight is 374 g/mol. The molecule has 0 aliphatic heterocycles. The number of rotatable bonds is 3. The maximum atomic E-state index is 13.0. The van der Waals surface area contributed by atoms with E-state index in [0.29, 0.717) is 23.2 Å². The van der Waals surface area contributed by atoms with E-state index in [0.717, 1.165) is 28.2 Å². The first-order valence-electron chi connectivity index (χ1n) is 7.81. The molecule has 0 aliphatic carbocycles. The molecule has 8 heteroatoms. The van der Waals surface area contributed by atoms with Gasteiger partial charge >= 0.3 is 6.18 Å². The highest BCUT2D eigenvalue weighted by molar-refractivity contribution is 7.05. The zero-order valence-electron chi connectivity index (χ0n) is 13.7. The largest absolute Gasteiger partial charge is 0.416 e. The monoisotopic (exact) mass is 374 g/mol. The van der Waals surface area contributed by atoms with E-state index in [9.17, 15) is 13.2 Å². The van der Waals surface area contributed by atoms with Crippen molar-refractivity contribution in [2.45, 2.75) is 19.6 Å². The minimum absolute atomic E-state index is 0.464. The third kappa shape index (κ3) is 3.20. The molecule has 4 nitrogen and oxygen atoms in total. The Kier molecular flexibility index (Phi) is 3.99. The van der Waals surface area contributed by atoms with Crippen molar-refractivity contribution < 1.29 is 13.2 Å². The van der Waals surface area contributed by atoms with Crippen molar-refractivity contribution in [3.05, 3.63) is 64.9 Å². The highest BCUT2D eigenvalue weighted by atomic mass is 32.1. The van der Waals surface area contributed by atoms with Crippen molar-refractivity contribution in [1.29, 1.82) is 0 Å². The van der Waals surface area contributed by atoms with Crippen LogP contribution in [-0.2, 0) is 12.7 Å². The number of hydrogen-bond donors (Lipinski definition) is 0. The van der Waals surface area contributed by atoms with E-state index in [1.165, 1.54) is 17.6 Å². The first-order valence-corrected chi connectivity index (χ1v) is 8.59. The summed E-state index contributed by atoms with van der Waals surface area (Å²) in [4.78, 5) is 5.44. The minimum Gasteiger partial charge on any atom is -0.257 e. The lowest BCUT2D eigenvalue weighted by molar-refractivity contribution is -0.137. The van der Waals surface area contributed by atoms with Crippen LogP contribution in [0.1, 0.15) is 16.1 Å². The molecule has 0 radical (unpaired) electrons. The van der Waals surface area contributed by atoms with Gasteiger partial charge in [-0.05, 0) is 48.3 Å². The Hall–Kier alpha value is -2.74. The number of aryl methyl sites for hydroxylation is 1. The molecule has 1 aromatic carbocycles. The van der Waals surface area contributed by atoms with Crippen LogP contribution in [0, 0.1) is 6.92 Å². The van der Waals surface area contributed by atoms with Gasteiger partial charge in [-0.3, -0.25) is 9.67 Å². The molecular weight excluding hydrogens is 361 g/mol. The van der Waals surface area contributed by atoms with Gasteiger partial charge in [0.1, 0.15) is 5.52 Å². The molecular formula is C18H13F3N4S. The standard InChI is InChI=1S/C18H13F3N4S/c1-11-5-15(24-26-11)10-25-17-7-13(8-22-16(17)9-23-25)12-3-2-4-14(6-12)18(19,20)21/h2-9H,10H2,1H3.